The van der Waals surface area contributed by atoms with E-state index in [1.807, 2.05) is 31.2 Å². The molecule has 0 heterocycles. The highest BCUT2D eigenvalue weighted by molar-refractivity contribution is 7.92. The van der Waals surface area contributed by atoms with Crippen LogP contribution in [0.2, 0.25) is 5.02 Å². The fourth-order valence-electron chi connectivity index (χ4n) is 4.86. The first-order valence-corrected chi connectivity index (χ1v) is 15.7. The van der Waals surface area contributed by atoms with E-state index in [2.05, 4.69) is 5.32 Å². The van der Waals surface area contributed by atoms with E-state index in [9.17, 15) is 18.0 Å². The van der Waals surface area contributed by atoms with Crippen LogP contribution in [0.4, 0.5) is 5.69 Å². The van der Waals surface area contributed by atoms with Crippen LogP contribution in [0.5, 0.6) is 5.75 Å². The van der Waals surface area contributed by atoms with E-state index < -0.39 is 16.1 Å². The fraction of sp³-hybridized carbons (Fsp3) is 0.517. The second-order valence-corrected chi connectivity index (χ2v) is 12.6. The van der Waals surface area contributed by atoms with Crippen LogP contribution in [0.1, 0.15) is 63.0 Å². The minimum atomic E-state index is -3.63. The Morgan fingerprint density at radius 3 is 2.36 bits per heavy atom. The van der Waals surface area contributed by atoms with Crippen LogP contribution in [-0.2, 0) is 26.2 Å². The van der Waals surface area contributed by atoms with Crippen LogP contribution in [0, 0.1) is 6.92 Å². The van der Waals surface area contributed by atoms with E-state index in [1.54, 1.807) is 24.0 Å². The summed E-state index contributed by atoms with van der Waals surface area (Å²) in [6, 6.07) is 12.1. The Morgan fingerprint density at radius 1 is 1.10 bits per heavy atom. The summed E-state index contributed by atoms with van der Waals surface area (Å²) in [5, 5.41) is 3.43. The number of benzene rings is 2. The summed E-state index contributed by atoms with van der Waals surface area (Å²) < 4.78 is 31.5. The standard InChI is InChI=1S/C29H40ClN3O5S/c1-21-12-14-23(15-13-21)20-32(22(2)29(35)31-24-9-6-5-7-10-24)28(34)11-8-18-33(39(4,36)37)25-16-17-27(38-3)26(30)19-25/h12-17,19,22,24H,5-11,18,20H2,1-4H3,(H,31,35)/t22-/m0/s1. The van der Waals surface area contributed by atoms with Crippen molar-refractivity contribution in [3.05, 3.63) is 58.6 Å². The third-order valence-electron chi connectivity index (χ3n) is 7.17. The fourth-order valence-corrected chi connectivity index (χ4v) is 6.07. The van der Waals surface area contributed by atoms with Crippen LogP contribution in [0.25, 0.3) is 0 Å². The Kier molecular flexibility index (Phi) is 11.1. The molecule has 39 heavy (non-hydrogen) atoms. The molecule has 0 radical (unpaired) electrons. The molecule has 1 aliphatic rings. The van der Waals surface area contributed by atoms with Crippen molar-refractivity contribution in [1.29, 1.82) is 0 Å². The normalized spacial score (nSPS) is 14.9. The van der Waals surface area contributed by atoms with Gasteiger partial charge in [-0.3, -0.25) is 13.9 Å². The second kappa shape index (κ2) is 14.0. The minimum Gasteiger partial charge on any atom is -0.495 e. The first-order valence-electron chi connectivity index (χ1n) is 13.5. The zero-order valence-electron chi connectivity index (χ0n) is 23.3. The van der Waals surface area contributed by atoms with Gasteiger partial charge in [-0.05, 0) is 56.9 Å². The number of carbonyl (C=O) groups is 2. The lowest BCUT2D eigenvalue weighted by atomic mass is 9.95. The summed E-state index contributed by atoms with van der Waals surface area (Å²) in [5.41, 5.74) is 2.43. The average molecular weight is 578 g/mol. The van der Waals surface area contributed by atoms with Crippen molar-refractivity contribution in [3.63, 3.8) is 0 Å². The molecule has 2 aromatic carbocycles. The monoisotopic (exact) mass is 577 g/mol. The lowest BCUT2D eigenvalue weighted by Gasteiger charge is -2.31. The molecule has 1 atom stereocenters. The quantitative estimate of drug-likeness (QED) is 0.380. The second-order valence-electron chi connectivity index (χ2n) is 10.3. The number of methoxy groups -OCH3 is 1. The van der Waals surface area contributed by atoms with Crippen LogP contribution >= 0.6 is 11.6 Å². The SMILES string of the molecule is COc1ccc(N(CCCC(=O)N(Cc2ccc(C)cc2)[C@@H](C)C(=O)NC2CCCCC2)S(C)(=O)=O)cc1Cl. The molecule has 0 aliphatic heterocycles. The predicted octanol–water partition coefficient (Wildman–Crippen LogP) is 5.07. The molecule has 1 aliphatic carbocycles. The molecule has 10 heteroatoms. The minimum absolute atomic E-state index is 0.0861. The van der Waals surface area contributed by atoms with E-state index in [4.69, 9.17) is 16.3 Å². The molecule has 0 bridgehead atoms. The number of aryl methyl sites for hydroxylation is 1. The lowest BCUT2D eigenvalue weighted by molar-refractivity contribution is -0.141. The maximum atomic E-state index is 13.5. The number of rotatable bonds is 12. The zero-order chi connectivity index (χ0) is 28.6. The van der Waals surface area contributed by atoms with Crippen molar-refractivity contribution in [2.45, 2.75) is 77.4 Å². The Morgan fingerprint density at radius 2 is 1.77 bits per heavy atom. The highest BCUT2D eigenvalue weighted by atomic mass is 35.5. The molecule has 0 unspecified atom stereocenters. The Bertz CT molecular complexity index is 1230. The number of nitrogens with zero attached hydrogens (tertiary/aromatic N) is 2. The van der Waals surface area contributed by atoms with Crippen molar-refractivity contribution >= 4 is 39.1 Å². The van der Waals surface area contributed by atoms with Crippen molar-refractivity contribution in [2.24, 2.45) is 0 Å². The third kappa shape index (κ3) is 8.86. The molecule has 2 aromatic rings. The highest BCUT2D eigenvalue weighted by Crippen LogP contribution is 2.30. The molecule has 214 valence electrons. The van der Waals surface area contributed by atoms with E-state index >= 15 is 0 Å². The molecule has 8 nitrogen and oxygen atoms in total. The summed E-state index contributed by atoms with van der Waals surface area (Å²) in [6.45, 7) is 4.14. The van der Waals surface area contributed by atoms with Crippen molar-refractivity contribution in [3.8, 4) is 5.75 Å². The highest BCUT2D eigenvalue weighted by Gasteiger charge is 2.28. The summed E-state index contributed by atoms with van der Waals surface area (Å²) in [6.07, 6.45) is 6.78. The molecule has 1 fully saturated rings. The van der Waals surface area contributed by atoms with Crippen molar-refractivity contribution < 1.29 is 22.7 Å². The topological polar surface area (TPSA) is 96.0 Å². The summed E-state index contributed by atoms with van der Waals surface area (Å²) in [7, 11) is -2.14. The van der Waals surface area contributed by atoms with Gasteiger partial charge >= 0.3 is 0 Å². The molecule has 2 amide bonds. The molecule has 1 saturated carbocycles. The number of anilines is 1. The molecule has 0 aromatic heterocycles. The molecular weight excluding hydrogens is 538 g/mol. The van der Waals surface area contributed by atoms with E-state index in [-0.39, 0.29) is 37.2 Å². The number of hydrogen-bond donors (Lipinski definition) is 1. The number of amides is 2. The van der Waals surface area contributed by atoms with Crippen LogP contribution in [0.3, 0.4) is 0 Å². The maximum absolute atomic E-state index is 13.5. The zero-order valence-corrected chi connectivity index (χ0v) is 24.9. The van der Waals surface area contributed by atoms with Gasteiger partial charge in [0.05, 0.1) is 24.1 Å². The number of halogens is 1. The molecule has 0 spiro atoms. The molecule has 0 saturated heterocycles. The molecular formula is C29H40ClN3O5S. The predicted molar refractivity (Wildman–Crippen MR) is 156 cm³/mol. The van der Waals surface area contributed by atoms with Gasteiger partial charge < -0.3 is 15.0 Å². The first kappa shape index (κ1) is 30.8. The van der Waals surface area contributed by atoms with Gasteiger partial charge in [-0.1, -0.05) is 60.7 Å². The van der Waals surface area contributed by atoms with Gasteiger partial charge in [0.25, 0.3) is 0 Å². The average Bonchev–Trinajstić information content (AvgIpc) is 2.90. The summed E-state index contributed by atoms with van der Waals surface area (Å²) in [5.74, 6) is 0.0763. The van der Waals surface area contributed by atoms with E-state index in [0.717, 1.165) is 43.1 Å². The number of nitrogens with one attached hydrogen (secondary N) is 1. The summed E-state index contributed by atoms with van der Waals surface area (Å²) >= 11 is 6.23. The van der Waals surface area contributed by atoms with Crippen LogP contribution in [0.15, 0.2) is 42.5 Å². The van der Waals surface area contributed by atoms with Crippen molar-refractivity contribution in [2.75, 3.05) is 24.2 Å². The number of sulfonamides is 1. The largest absolute Gasteiger partial charge is 0.495 e. The van der Waals surface area contributed by atoms with Crippen LogP contribution in [-0.4, -0.2) is 57.1 Å². The first-order chi connectivity index (χ1) is 18.5. The van der Waals surface area contributed by atoms with Crippen molar-refractivity contribution in [1.82, 2.24) is 10.2 Å². The third-order valence-corrected chi connectivity index (χ3v) is 8.66. The molecule has 1 N–H and O–H groups in total. The van der Waals surface area contributed by atoms with Gasteiger partial charge in [0.15, 0.2) is 0 Å². The summed E-state index contributed by atoms with van der Waals surface area (Å²) in [4.78, 5) is 28.3. The lowest BCUT2D eigenvalue weighted by Crippen LogP contribution is -2.50. The van der Waals surface area contributed by atoms with Gasteiger partial charge in [-0.15, -0.1) is 0 Å². The Hall–Kier alpha value is -2.78. The smallest absolute Gasteiger partial charge is 0.242 e. The Balaban J connectivity index is 1.72. The number of carbonyl (C=O) groups excluding carboxylic acids is 2. The number of ether oxygens (including phenoxy) is 1. The van der Waals surface area contributed by atoms with Gasteiger partial charge in [-0.25, -0.2) is 8.42 Å². The van der Waals surface area contributed by atoms with Crippen LogP contribution < -0.4 is 14.4 Å². The van der Waals surface area contributed by atoms with E-state index in [1.165, 1.54) is 23.9 Å². The van der Waals surface area contributed by atoms with Gasteiger partial charge in [0, 0.05) is 25.6 Å². The van der Waals surface area contributed by atoms with Gasteiger partial charge in [-0.2, -0.15) is 0 Å². The Labute approximate surface area is 237 Å². The maximum Gasteiger partial charge on any atom is 0.242 e. The number of hydrogen-bond acceptors (Lipinski definition) is 5. The van der Waals surface area contributed by atoms with E-state index in [0.29, 0.717) is 23.0 Å². The van der Waals surface area contributed by atoms with Gasteiger partial charge in [0.2, 0.25) is 21.8 Å². The van der Waals surface area contributed by atoms with Gasteiger partial charge in [0.1, 0.15) is 11.8 Å². The molecule has 3 rings (SSSR count).